The number of fused-ring (bicyclic) bond motifs is 4. The van der Waals surface area contributed by atoms with E-state index < -0.39 is 52.9 Å². The van der Waals surface area contributed by atoms with Crippen LogP contribution in [0.5, 0.6) is 0 Å². The Morgan fingerprint density at radius 2 is 1.74 bits per heavy atom. The second-order valence-electron chi connectivity index (χ2n) is 11.3. The minimum atomic E-state index is -1.07. The molecule has 0 radical (unpaired) electrons. The number of carbonyl (C=O) groups excluding carboxylic acids is 4. The van der Waals surface area contributed by atoms with Gasteiger partial charge >= 0.3 is 0 Å². The number of carbonyl (C=O) groups is 4. The topological polar surface area (TPSA) is 160 Å². The predicted molar refractivity (Wildman–Crippen MR) is 158 cm³/mol. The van der Waals surface area contributed by atoms with Crippen molar-refractivity contribution in [2.75, 3.05) is 13.1 Å². The van der Waals surface area contributed by atoms with Crippen LogP contribution in [-0.2, 0) is 17.8 Å². The third-order valence-electron chi connectivity index (χ3n) is 7.24. The van der Waals surface area contributed by atoms with Crippen LogP contribution in [0.2, 0.25) is 0 Å². The number of aromatic nitrogens is 2. The molecule has 2 aromatic carbocycles. The lowest BCUT2D eigenvalue weighted by Crippen LogP contribution is -2.49. The number of benzene rings is 2. The fraction of sp³-hybridized carbons (Fsp3) is 0.312. The number of halogens is 2. The van der Waals surface area contributed by atoms with Crippen LogP contribution < -0.4 is 16.0 Å². The molecule has 0 fully saturated rings. The molecule has 1 aliphatic rings. The van der Waals surface area contributed by atoms with Crippen molar-refractivity contribution in [2.45, 2.75) is 45.3 Å². The second-order valence-corrected chi connectivity index (χ2v) is 11.3. The number of amides is 4. The van der Waals surface area contributed by atoms with Gasteiger partial charge in [-0.15, -0.1) is 0 Å². The summed E-state index contributed by atoms with van der Waals surface area (Å²) >= 11 is 0. The molecule has 46 heavy (non-hydrogen) atoms. The Labute approximate surface area is 262 Å². The van der Waals surface area contributed by atoms with Crippen LogP contribution in [-0.4, -0.2) is 57.8 Å². The molecule has 0 saturated heterocycles. The molecule has 3 heterocycles. The van der Waals surface area contributed by atoms with Crippen LogP contribution in [0.4, 0.5) is 8.78 Å². The Balaban J connectivity index is 1.48. The molecule has 2 aromatic heterocycles. The highest BCUT2D eigenvalue weighted by Gasteiger charge is 2.29. The molecule has 4 bridgehead atoms. The lowest BCUT2D eigenvalue weighted by Gasteiger charge is -2.23. The molecule has 4 amide bonds. The van der Waals surface area contributed by atoms with Crippen molar-refractivity contribution in [3.05, 3.63) is 107 Å². The Morgan fingerprint density at radius 1 is 1.00 bits per heavy atom. The Kier molecular flexibility index (Phi) is 9.84. The molecule has 2 atom stereocenters. The summed E-state index contributed by atoms with van der Waals surface area (Å²) in [4.78, 5) is 58.8. The van der Waals surface area contributed by atoms with Gasteiger partial charge in [-0.1, -0.05) is 49.3 Å². The molecule has 0 saturated carbocycles. The van der Waals surface area contributed by atoms with Gasteiger partial charge in [-0.05, 0) is 30.0 Å². The summed E-state index contributed by atoms with van der Waals surface area (Å²) in [5, 5.41) is 12.0. The zero-order chi connectivity index (χ0) is 32.8. The maximum absolute atomic E-state index is 14.6. The van der Waals surface area contributed by atoms with Crippen molar-refractivity contribution < 1.29 is 36.9 Å². The first kappa shape index (κ1) is 32.0. The molecule has 0 unspecified atom stereocenters. The molecule has 5 rings (SSSR count). The fourth-order valence-corrected chi connectivity index (χ4v) is 4.97. The van der Waals surface area contributed by atoms with E-state index in [1.54, 1.807) is 12.1 Å². The number of rotatable bonds is 5. The van der Waals surface area contributed by atoms with Crippen LogP contribution in [0.3, 0.4) is 0 Å². The second kappa shape index (κ2) is 14.1. The zero-order valence-electron chi connectivity index (χ0n) is 25.1. The van der Waals surface area contributed by atoms with E-state index in [-0.39, 0.29) is 55.0 Å². The molecule has 240 valence electrons. The first-order chi connectivity index (χ1) is 22.1. The zero-order valence-corrected chi connectivity index (χ0v) is 25.1. The van der Waals surface area contributed by atoms with Gasteiger partial charge in [0.05, 0.1) is 12.1 Å². The third-order valence-corrected chi connectivity index (χ3v) is 7.24. The van der Waals surface area contributed by atoms with E-state index in [9.17, 15) is 28.0 Å². The molecule has 4 aromatic rings. The molecule has 1 aliphatic heterocycles. The number of hydrogen-bond acceptors (Lipinski definition) is 8. The van der Waals surface area contributed by atoms with Gasteiger partial charge in [0, 0.05) is 31.6 Å². The third kappa shape index (κ3) is 7.81. The van der Waals surface area contributed by atoms with Gasteiger partial charge < -0.3 is 29.8 Å². The average molecular weight is 635 g/mol. The van der Waals surface area contributed by atoms with Crippen molar-refractivity contribution in [1.29, 1.82) is 0 Å². The fourth-order valence-electron chi connectivity index (χ4n) is 4.97. The highest BCUT2D eigenvalue weighted by Crippen LogP contribution is 2.22. The largest absolute Gasteiger partial charge is 0.446 e. The summed E-state index contributed by atoms with van der Waals surface area (Å²) in [5.41, 5.74) is 0.177. The first-order valence-corrected chi connectivity index (χ1v) is 14.7. The van der Waals surface area contributed by atoms with Gasteiger partial charge in [-0.3, -0.25) is 19.2 Å². The maximum atomic E-state index is 14.6. The highest BCUT2D eigenvalue weighted by molar-refractivity contribution is 5.96. The van der Waals surface area contributed by atoms with Gasteiger partial charge in [0.2, 0.25) is 11.8 Å². The monoisotopic (exact) mass is 634 g/mol. The molecular weight excluding hydrogens is 602 g/mol. The highest BCUT2D eigenvalue weighted by atomic mass is 19.1. The lowest BCUT2D eigenvalue weighted by molar-refractivity contribution is -0.123. The van der Waals surface area contributed by atoms with Crippen molar-refractivity contribution in [3.63, 3.8) is 0 Å². The van der Waals surface area contributed by atoms with E-state index in [1.807, 2.05) is 32.0 Å². The van der Waals surface area contributed by atoms with Crippen molar-refractivity contribution in [3.8, 4) is 0 Å². The summed E-state index contributed by atoms with van der Waals surface area (Å²) in [7, 11) is 0. The Hall–Kier alpha value is -5.40. The van der Waals surface area contributed by atoms with Gasteiger partial charge in [-0.25, -0.2) is 13.8 Å². The molecule has 14 heteroatoms. The molecule has 12 nitrogen and oxygen atoms in total. The predicted octanol–water partition coefficient (Wildman–Crippen LogP) is 3.57. The van der Waals surface area contributed by atoms with Crippen LogP contribution in [0.15, 0.2) is 69.8 Å². The molecule has 0 spiro atoms. The minimum absolute atomic E-state index is 0.0826. The van der Waals surface area contributed by atoms with E-state index in [0.717, 1.165) is 24.0 Å². The smallest absolute Gasteiger partial charge is 0.274 e. The summed E-state index contributed by atoms with van der Waals surface area (Å²) in [6.45, 7) is 3.36. The number of oxazole rings is 1. The van der Waals surface area contributed by atoms with E-state index >= 15 is 0 Å². The Morgan fingerprint density at radius 3 is 2.48 bits per heavy atom. The van der Waals surface area contributed by atoms with E-state index in [1.165, 1.54) is 11.0 Å². The number of nitrogens with zero attached hydrogens (tertiary/aromatic N) is 3. The van der Waals surface area contributed by atoms with Crippen molar-refractivity contribution in [1.82, 2.24) is 31.0 Å². The first-order valence-electron chi connectivity index (χ1n) is 14.7. The maximum Gasteiger partial charge on any atom is 0.274 e. The molecule has 3 N–H and O–H groups in total. The normalized spacial score (nSPS) is 17.9. The van der Waals surface area contributed by atoms with E-state index in [0.29, 0.717) is 12.5 Å². The minimum Gasteiger partial charge on any atom is -0.446 e. The summed E-state index contributed by atoms with van der Waals surface area (Å²) in [6, 6.07) is 11.1. The van der Waals surface area contributed by atoms with Crippen LogP contribution in [0.25, 0.3) is 0 Å². The SMILES string of the molecule is CC(C)C[C@H]1NC(=O)c2cc(on2)CN(C(=O)c2ccc(F)cc2F)CCNC(=O)[C@H](Cc2ccccc2)NC(=O)c2coc1n2. The molecule has 0 aliphatic carbocycles. The van der Waals surface area contributed by atoms with Crippen molar-refractivity contribution in [2.24, 2.45) is 5.92 Å². The average Bonchev–Trinajstić information content (AvgIpc) is 3.70. The van der Waals surface area contributed by atoms with Crippen LogP contribution in [0.1, 0.15) is 74.9 Å². The van der Waals surface area contributed by atoms with Crippen LogP contribution in [0, 0.1) is 17.6 Å². The summed E-state index contributed by atoms with van der Waals surface area (Å²) < 4.78 is 39.1. The van der Waals surface area contributed by atoms with E-state index in [2.05, 4.69) is 26.1 Å². The van der Waals surface area contributed by atoms with Crippen molar-refractivity contribution >= 4 is 23.6 Å². The van der Waals surface area contributed by atoms with Gasteiger partial charge in [0.25, 0.3) is 17.7 Å². The Bertz CT molecular complexity index is 1720. The standard InChI is InChI=1S/C32H32F2N6O6/c1-18(2)12-26-31-38-27(17-45-31)30(43)36-24(13-19-6-4-3-5-7-19)28(41)35-10-11-40(16-21-15-25(39-46-21)29(42)37-26)32(44)22-9-8-20(33)14-23(22)34/h3-9,14-15,17-18,24,26H,10-13,16H2,1-2H3,(H,35,41)(H,36,43)(H,37,42)/t24-,26+/m0/s1. The van der Waals surface area contributed by atoms with Gasteiger partial charge in [0.1, 0.15) is 30.0 Å². The number of hydrogen-bond donors (Lipinski definition) is 3. The lowest BCUT2D eigenvalue weighted by atomic mass is 10.0. The van der Waals surface area contributed by atoms with Gasteiger partial charge in [-0.2, -0.15) is 0 Å². The van der Waals surface area contributed by atoms with Crippen LogP contribution >= 0.6 is 0 Å². The quantitative estimate of drug-likeness (QED) is 0.301. The summed E-state index contributed by atoms with van der Waals surface area (Å²) in [6.07, 6.45) is 1.70. The van der Waals surface area contributed by atoms with Gasteiger partial charge in [0.15, 0.2) is 17.1 Å². The van der Waals surface area contributed by atoms with E-state index in [4.69, 9.17) is 8.94 Å². The molecular formula is C32H32F2N6O6. The summed E-state index contributed by atoms with van der Waals surface area (Å²) in [5.74, 6) is -4.30. The number of nitrogens with one attached hydrogen (secondary N) is 3.